The van der Waals surface area contributed by atoms with E-state index in [9.17, 15) is 4.79 Å². The summed E-state index contributed by atoms with van der Waals surface area (Å²) in [5.74, 6) is 0. The lowest BCUT2D eigenvalue weighted by molar-refractivity contribution is 0.00132. The van der Waals surface area contributed by atoms with Gasteiger partial charge < -0.3 is 15.0 Å². The van der Waals surface area contributed by atoms with Crippen molar-refractivity contribution in [2.75, 3.05) is 13.1 Å². The average Bonchev–Trinajstić information content (AvgIpc) is 2.47. The summed E-state index contributed by atoms with van der Waals surface area (Å²) < 4.78 is 6.63. The van der Waals surface area contributed by atoms with E-state index in [1.165, 1.54) is 5.56 Å². The smallest absolute Gasteiger partial charge is 0.410 e. The molecule has 0 spiro atoms. The Bertz CT molecular complexity index is 610. The molecule has 5 heteroatoms. The Hall–Kier alpha value is -1.07. The number of carbonyl (C=O) groups excluding carboxylic acids is 1. The molecule has 4 nitrogen and oxygen atoms in total. The molecule has 1 N–H and O–H groups in total. The molecule has 1 fully saturated rings. The van der Waals surface area contributed by atoms with Gasteiger partial charge in [0.25, 0.3) is 0 Å². The van der Waals surface area contributed by atoms with Crippen LogP contribution in [0, 0.1) is 5.41 Å². The fraction of sp³-hybridized carbons (Fsp3) is 0.650. The van der Waals surface area contributed by atoms with Crippen molar-refractivity contribution in [1.82, 2.24) is 10.2 Å². The highest BCUT2D eigenvalue weighted by molar-refractivity contribution is 9.10. The van der Waals surface area contributed by atoms with Gasteiger partial charge in [0.05, 0.1) is 0 Å². The van der Waals surface area contributed by atoms with E-state index in [0.717, 1.165) is 17.4 Å². The molecule has 2 atom stereocenters. The summed E-state index contributed by atoms with van der Waals surface area (Å²) in [7, 11) is 0. The summed E-state index contributed by atoms with van der Waals surface area (Å²) in [6.07, 6.45) is 0.712. The lowest BCUT2D eigenvalue weighted by atomic mass is 9.78. The Kier molecular flexibility index (Phi) is 6.21. The molecule has 25 heavy (non-hydrogen) atoms. The molecule has 1 aromatic rings. The van der Waals surface area contributed by atoms with Crippen molar-refractivity contribution in [3.8, 4) is 0 Å². The topological polar surface area (TPSA) is 41.6 Å². The third kappa shape index (κ3) is 5.71. The largest absolute Gasteiger partial charge is 0.444 e. The van der Waals surface area contributed by atoms with Crippen LogP contribution >= 0.6 is 15.9 Å². The van der Waals surface area contributed by atoms with Crippen molar-refractivity contribution >= 4 is 22.0 Å². The molecule has 0 aliphatic carbocycles. The van der Waals surface area contributed by atoms with Crippen molar-refractivity contribution in [2.45, 2.75) is 65.6 Å². The number of rotatable bonds is 3. The highest BCUT2D eigenvalue weighted by atomic mass is 79.9. The number of piperidine rings is 1. The Morgan fingerprint density at radius 2 is 2.08 bits per heavy atom. The summed E-state index contributed by atoms with van der Waals surface area (Å²) in [4.78, 5) is 14.2. The molecule has 1 amide bonds. The molecule has 0 bridgehead atoms. The average molecular weight is 411 g/mol. The lowest BCUT2D eigenvalue weighted by Gasteiger charge is -2.45. The number of hydrogen-bond donors (Lipinski definition) is 1. The van der Waals surface area contributed by atoms with Crippen LogP contribution in [0.2, 0.25) is 0 Å². The number of nitrogens with one attached hydrogen (secondary N) is 1. The van der Waals surface area contributed by atoms with E-state index in [1.807, 2.05) is 31.7 Å². The monoisotopic (exact) mass is 410 g/mol. The number of halogens is 1. The first-order valence-corrected chi connectivity index (χ1v) is 9.77. The zero-order chi connectivity index (χ0) is 18.8. The van der Waals surface area contributed by atoms with E-state index in [4.69, 9.17) is 4.74 Å². The third-order valence-electron chi connectivity index (χ3n) is 4.68. The Balaban J connectivity index is 2.00. The van der Waals surface area contributed by atoms with E-state index in [0.29, 0.717) is 12.6 Å². The maximum Gasteiger partial charge on any atom is 0.410 e. The second kappa shape index (κ2) is 7.67. The van der Waals surface area contributed by atoms with Crippen LogP contribution in [0.15, 0.2) is 28.7 Å². The SMILES string of the molecule is CC(NC1CCN(C(=O)OC(C)(C)C)CC1(C)C)c1cccc(Br)c1. The molecule has 140 valence electrons. The molecule has 1 saturated heterocycles. The van der Waals surface area contributed by atoms with Crippen molar-refractivity contribution in [2.24, 2.45) is 5.41 Å². The summed E-state index contributed by atoms with van der Waals surface area (Å²) in [5, 5.41) is 3.76. The maximum absolute atomic E-state index is 12.4. The number of carbonyl (C=O) groups is 1. The maximum atomic E-state index is 12.4. The zero-order valence-corrected chi connectivity index (χ0v) is 17.8. The molecular weight excluding hydrogens is 380 g/mol. The Labute approximate surface area is 160 Å². The van der Waals surface area contributed by atoms with Gasteiger partial charge in [-0.05, 0) is 57.2 Å². The molecule has 0 radical (unpaired) electrons. The van der Waals surface area contributed by atoms with E-state index in [2.05, 4.69) is 60.2 Å². The minimum Gasteiger partial charge on any atom is -0.444 e. The van der Waals surface area contributed by atoms with Gasteiger partial charge in [0.2, 0.25) is 0 Å². The van der Waals surface area contributed by atoms with Gasteiger partial charge in [-0.3, -0.25) is 0 Å². The van der Waals surface area contributed by atoms with E-state index in [-0.39, 0.29) is 17.6 Å². The number of hydrogen-bond acceptors (Lipinski definition) is 3. The van der Waals surface area contributed by atoms with E-state index >= 15 is 0 Å². The fourth-order valence-electron chi connectivity index (χ4n) is 3.32. The molecular formula is C20H31BrN2O2. The van der Waals surface area contributed by atoms with E-state index in [1.54, 1.807) is 0 Å². The van der Waals surface area contributed by atoms with Gasteiger partial charge in [0.1, 0.15) is 5.60 Å². The Morgan fingerprint density at radius 3 is 2.64 bits per heavy atom. The van der Waals surface area contributed by atoms with Gasteiger partial charge >= 0.3 is 6.09 Å². The molecule has 1 aliphatic heterocycles. The van der Waals surface area contributed by atoms with Gasteiger partial charge in [-0.2, -0.15) is 0 Å². The van der Waals surface area contributed by atoms with Crippen LogP contribution < -0.4 is 5.32 Å². The van der Waals surface area contributed by atoms with Crippen LogP contribution in [0.4, 0.5) is 4.79 Å². The normalized spacial score (nSPS) is 21.7. The predicted molar refractivity (Wildman–Crippen MR) is 106 cm³/mol. The minimum atomic E-state index is -0.453. The van der Waals surface area contributed by atoms with Gasteiger partial charge in [-0.25, -0.2) is 4.79 Å². The van der Waals surface area contributed by atoms with Crippen molar-refractivity contribution in [3.63, 3.8) is 0 Å². The number of amides is 1. The molecule has 0 aromatic heterocycles. The van der Waals surface area contributed by atoms with Gasteiger partial charge in [0, 0.05) is 29.6 Å². The second-order valence-corrected chi connectivity index (χ2v) is 9.59. The van der Waals surface area contributed by atoms with Crippen LogP contribution in [0.1, 0.15) is 59.6 Å². The van der Waals surface area contributed by atoms with E-state index < -0.39 is 5.60 Å². The molecule has 0 saturated carbocycles. The summed E-state index contributed by atoms with van der Waals surface area (Å²) in [6.45, 7) is 13.8. The van der Waals surface area contributed by atoms with Crippen molar-refractivity contribution in [1.29, 1.82) is 0 Å². The summed E-state index contributed by atoms with van der Waals surface area (Å²) in [6, 6.07) is 9.01. The first-order valence-electron chi connectivity index (χ1n) is 8.97. The summed E-state index contributed by atoms with van der Waals surface area (Å²) in [5.41, 5.74) is 0.792. The third-order valence-corrected chi connectivity index (χ3v) is 5.17. The molecule has 2 rings (SSSR count). The molecule has 2 unspecified atom stereocenters. The highest BCUT2D eigenvalue weighted by Gasteiger charge is 2.39. The first kappa shape index (κ1) is 20.2. The molecule has 1 aliphatic rings. The number of ether oxygens (including phenoxy) is 1. The summed E-state index contributed by atoms with van der Waals surface area (Å²) >= 11 is 3.54. The van der Waals surface area contributed by atoms with Gasteiger partial charge in [-0.15, -0.1) is 0 Å². The minimum absolute atomic E-state index is 0.0184. The van der Waals surface area contributed by atoms with Crippen molar-refractivity contribution in [3.05, 3.63) is 34.3 Å². The molecule has 1 heterocycles. The number of likely N-dealkylation sites (tertiary alicyclic amines) is 1. The van der Waals surface area contributed by atoms with Crippen molar-refractivity contribution < 1.29 is 9.53 Å². The highest BCUT2D eigenvalue weighted by Crippen LogP contribution is 2.32. The zero-order valence-electron chi connectivity index (χ0n) is 16.2. The van der Waals surface area contributed by atoms with Crippen LogP contribution in [-0.4, -0.2) is 35.7 Å². The van der Waals surface area contributed by atoms with Crippen LogP contribution in [-0.2, 0) is 4.74 Å². The second-order valence-electron chi connectivity index (χ2n) is 8.68. The molecule has 1 aromatic carbocycles. The number of benzene rings is 1. The lowest BCUT2D eigenvalue weighted by Crippen LogP contribution is -2.56. The predicted octanol–water partition coefficient (Wildman–Crippen LogP) is 5.14. The quantitative estimate of drug-likeness (QED) is 0.749. The van der Waals surface area contributed by atoms with Gasteiger partial charge in [-0.1, -0.05) is 41.9 Å². The van der Waals surface area contributed by atoms with Crippen LogP contribution in [0.3, 0.4) is 0 Å². The van der Waals surface area contributed by atoms with Crippen LogP contribution in [0.25, 0.3) is 0 Å². The number of nitrogens with zero attached hydrogens (tertiary/aromatic N) is 1. The fourth-order valence-corrected chi connectivity index (χ4v) is 3.74. The standard InChI is InChI=1S/C20H31BrN2O2/c1-14(15-8-7-9-16(21)12-15)22-17-10-11-23(13-20(17,5)6)18(24)25-19(2,3)4/h7-9,12,14,17,22H,10-11,13H2,1-6H3. The van der Waals surface area contributed by atoms with Crippen LogP contribution in [0.5, 0.6) is 0 Å². The Morgan fingerprint density at radius 1 is 1.40 bits per heavy atom. The van der Waals surface area contributed by atoms with Gasteiger partial charge in [0.15, 0.2) is 0 Å². The first-order chi connectivity index (χ1) is 11.5.